The van der Waals surface area contributed by atoms with Gasteiger partial charge in [-0.25, -0.2) is 0 Å². The molecule has 108 valence electrons. The van der Waals surface area contributed by atoms with Gasteiger partial charge in [-0.1, -0.05) is 12.1 Å². The average molecular weight is 290 g/mol. The SMILES string of the molecule is O=c1c(C(c2ccc[nH]2)c2ccc[nH]2)coc2ccccc12. The molecule has 0 aliphatic heterocycles. The maximum absolute atomic E-state index is 12.9. The van der Waals surface area contributed by atoms with Gasteiger partial charge < -0.3 is 14.4 Å². The Morgan fingerprint density at radius 3 is 2.18 bits per heavy atom. The Kier molecular flexibility index (Phi) is 2.93. The van der Waals surface area contributed by atoms with E-state index in [1.807, 2.05) is 48.8 Å². The molecule has 0 spiro atoms. The summed E-state index contributed by atoms with van der Waals surface area (Å²) in [5.41, 5.74) is 3.11. The molecular weight excluding hydrogens is 276 g/mol. The van der Waals surface area contributed by atoms with Crippen LogP contribution in [-0.2, 0) is 0 Å². The van der Waals surface area contributed by atoms with E-state index in [-0.39, 0.29) is 11.3 Å². The van der Waals surface area contributed by atoms with Crippen LogP contribution in [-0.4, -0.2) is 9.97 Å². The summed E-state index contributed by atoms with van der Waals surface area (Å²) in [6, 6.07) is 15.1. The Morgan fingerprint density at radius 1 is 0.864 bits per heavy atom. The summed E-state index contributed by atoms with van der Waals surface area (Å²) in [6.45, 7) is 0. The quantitative estimate of drug-likeness (QED) is 0.605. The highest BCUT2D eigenvalue weighted by molar-refractivity contribution is 5.77. The molecule has 0 saturated heterocycles. The maximum Gasteiger partial charge on any atom is 0.196 e. The molecule has 22 heavy (non-hydrogen) atoms. The number of H-pyrrole nitrogens is 2. The summed E-state index contributed by atoms with van der Waals surface area (Å²) in [7, 11) is 0. The van der Waals surface area contributed by atoms with Crippen molar-refractivity contribution in [3.63, 3.8) is 0 Å². The highest BCUT2D eigenvalue weighted by Gasteiger charge is 2.23. The van der Waals surface area contributed by atoms with Crippen LogP contribution < -0.4 is 5.43 Å². The summed E-state index contributed by atoms with van der Waals surface area (Å²) in [6.07, 6.45) is 5.28. The third kappa shape index (κ3) is 1.97. The van der Waals surface area contributed by atoms with E-state index >= 15 is 0 Å². The van der Waals surface area contributed by atoms with Gasteiger partial charge >= 0.3 is 0 Å². The Morgan fingerprint density at radius 2 is 1.55 bits per heavy atom. The van der Waals surface area contributed by atoms with Gasteiger partial charge in [0.15, 0.2) is 5.43 Å². The molecule has 0 saturated carbocycles. The van der Waals surface area contributed by atoms with Crippen molar-refractivity contribution in [1.82, 2.24) is 9.97 Å². The van der Waals surface area contributed by atoms with E-state index in [4.69, 9.17) is 4.42 Å². The second-order valence-electron chi connectivity index (χ2n) is 5.20. The monoisotopic (exact) mass is 290 g/mol. The summed E-state index contributed by atoms with van der Waals surface area (Å²) in [5, 5.41) is 0.600. The van der Waals surface area contributed by atoms with Crippen molar-refractivity contribution >= 4 is 11.0 Å². The van der Waals surface area contributed by atoms with E-state index < -0.39 is 0 Å². The molecule has 4 heteroatoms. The van der Waals surface area contributed by atoms with Crippen LogP contribution in [0.15, 0.2) is 76.4 Å². The lowest BCUT2D eigenvalue weighted by molar-refractivity contribution is 0.589. The van der Waals surface area contributed by atoms with Crippen molar-refractivity contribution in [2.75, 3.05) is 0 Å². The van der Waals surface area contributed by atoms with Crippen molar-refractivity contribution in [2.45, 2.75) is 5.92 Å². The van der Waals surface area contributed by atoms with E-state index in [1.54, 1.807) is 18.4 Å². The van der Waals surface area contributed by atoms with Crippen LogP contribution in [0.1, 0.15) is 22.9 Å². The van der Waals surface area contributed by atoms with Crippen molar-refractivity contribution in [1.29, 1.82) is 0 Å². The largest absolute Gasteiger partial charge is 0.464 e. The molecule has 0 atom stereocenters. The number of aromatic nitrogens is 2. The zero-order valence-corrected chi connectivity index (χ0v) is 11.7. The number of fused-ring (bicyclic) bond motifs is 1. The number of nitrogens with one attached hydrogen (secondary N) is 2. The fraction of sp³-hybridized carbons (Fsp3) is 0.0556. The van der Waals surface area contributed by atoms with Gasteiger partial charge in [-0.15, -0.1) is 0 Å². The molecule has 2 N–H and O–H groups in total. The Balaban J connectivity index is 1.98. The normalized spacial score (nSPS) is 11.3. The lowest BCUT2D eigenvalue weighted by Crippen LogP contribution is -2.16. The van der Waals surface area contributed by atoms with Crippen LogP contribution in [0.3, 0.4) is 0 Å². The molecule has 0 radical (unpaired) electrons. The van der Waals surface area contributed by atoms with E-state index in [9.17, 15) is 4.79 Å². The summed E-state index contributed by atoms with van der Waals surface area (Å²) >= 11 is 0. The van der Waals surface area contributed by atoms with E-state index in [0.717, 1.165) is 11.4 Å². The van der Waals surface area contributed by atoms with Gasteiger partial charge in [-0.05, 0) is 36.4 Å². The molecule has 4 aromatic rings. The number of rotatable bonds is 3. The van der Waals surface area contributed by atoms with E-state index in [1.165, 1.54) is 0 Å². The topological polar surface area (TPSA) is 61.8 Å². The van der Waals surface area contributed by atoms with Crippen molar-refractivity contribution in [2.24, 2.45) is 0 Å². The molecular formula is C18H14N2O2. The van der Waals surface area contributed by atoms with Gasteiger partial charge in [-0.2, -0.15) is 0 Å². The average Bonchev–Trinajstić information content (AvgIpc) is 3.24. The number of hydrogen-bond donors (Lipinski definition) is 2. The van der Waals surface area contributed by atoms with Gasteiger partial charge in [0.05, 0.1) is 23.1 Å². The Hall–Kier alpha value is -3.01. The fourth-order valence-electron chi connectivity index (χ4n) is 2.84. The van der Waals surface area contributed by atoms with Crippen LogP contribution in [0, 0.1) is 0 Å². The van der Waals surface area contributed by atoms with Crippen molar-refractivity contribution in [3.05, 3.63) is 94.4 Å². The lowest BCUT2D eigenvalue weighted by atomic mass is 9.93. The number of aromatic amines is 2. The summed E-state index contributed by atoms with van der Waals surface area (Å²) < 4.78 is 5.67. The van der Waals surface area contributed by atoms with Gasteiger partial charge in [0.1, 0.15) is 5.58 Å². The van der Waals surface area contributed by atoms with Crippen LogP contribution in [0.4, 0.5) is 0 Å². The predicted molar refractivity (Wildman–Crippen MR) is 85.0 cm³/mol. The molecule has 4 rings (SSSR count). The first-order valence-corrected chi connectivity index (χ1v) is 7.11. The van der Waals surface area contributed by atoms with Gasteiger partial charge in [0, 0.05) is 23.8 Å². The third-order valence-corrected chi connectivity index (χ3v) is 3.88. The van der Waals surface area contributed by atoms with Crippen molar-refractivity contribution < 1.29 is 4.42 Å². The third-order valence-electron chi connectivity index (χ3n) is 3.88. The van der Waals surface area contributed by atoms with Crippen molar-refractivity contribution in [3.8, 4) is 0 Å². The minimum Gasteiger partial charge on any atom is -0.464 e. The smallest absolute Gasteiger partial charge is 0.196 e. The van der Waals surface area contributed by atoms with Gasteiger partial charge in [0.25, 0.3) is 0 Å². The van der Waals surface area contributed by atoms with Crippen LogP contribution in [0.2, 0.25) is 0 Å². The Bertz CT molecular complexity index is 916. The Labute approximate surface area is 126 Å². The molecule has 0 fully saturated rings. The number of benzene rings is 1. The standard InChI is InChI=1S/C18H14N2O2/c21-18-12-5-1-2-8-16(12)22-11-13(18)17(14-6-3-9-19-14)15-7-4-10-20-15/h1-11,17,19-20H. The molecule has 3 aromatic heterocycles. The molecule has 3 heterocycles. The molecule has 0 amide bonds. The zero-order chi connectivity index (χ0) is 14.9. The first kappa shape index (κ1) is 12.7. The van der Waals surface area contributed by atoms with Gasteiger partial charge in [0.2, 0.25) is 0 Å². The van der Waals surface area contributed by atoms with Gasteiger partial charge in [-0.3, -0.25) is 4.79 Å². The minimum atomic E-state index is -0.203. The molecule has 1 aromatic carbocycles. The van der Waals surface area contributed by atoms with Crippen LogP contribution in [0.5, 0.6) is 0 Å². The highest BCUT2D eigenvalue weighted by Crippen LogP contribution is 2.28. The molecule has 0 bridgehead atoms. The molecule has 0 aliphatic rings. The lowest BCUT2D eigenvalue weighted by Gasteiger charge is -2.14. The fourth-order valence-corrected chi connectivity index (χ4v) is 2.84. The minimum absolute atomic E-state index is 0.00366. The zero-order valence-electron chi connectivity index (χ0n) is 11.7. The van der Waals surface area contributed by atoms with Crippen LogP contribution in [0.25, 0.3) is 11.0 Å². The maximum atomic E-state index is 12.9. The molecule has 0 unspecified atom stereocenters. The number of para-hydroxylation sites is 1. The molecule has 4 nitrogen and oxygen atoms in total. The van der Waals surface area contributed by atoms with E-state index in [0.29, 0.717) is 16.5 Å². The number of hydrogen-bond acceptors (Lipinski definition) is 2. The molecule has 0 aliphatic carbocycles. The first-order chi connectivity index (χ1) is 10.8. The second-order valence-corrected chi connectivity index (χ2v) is 5.20. The second kappa shape index (κ2) is 5.07. The van der Waals surface area contributed by atoms with E-state index in [2.05, 4.69) is 9.97 Å². The highest BCUT2D eigenvalue weighted by atomic mass is 16.3. The first-order valence-electron chi connectivity index (χ1n) is 7.11. The predicted octanol–water partition coefficient (Wildman–Crippen LogP) is 3.63. The summed E-state index contributed by atoms with van der Waals surface area (Å²) in [4.78, 5) is 19.3. The summed E-state index contributed by atoms with van der Waals surface area (Å²) in [5.74, 6) is -0.203. The van der Waals surface area contributed by atoms with Crippen LogP contribution >= 0.6 is 0 Å².